The van der Waals surface area contributed by atoms with Crippen LogP contribution in [0.25, 0.3) is 0 Å². The highest BCUT2D eigenvalue weighted by molar-refractivity contribution is 6.26. The number of rotatable bonds is 11. The standard InChI is InChI=1S/C13H30N2O4Si/c1-5-18-20-10-6-8-14-11(19-17)7-9-15-12(16)13(2,3)4/h11,14,17H,5-10,20H2,1-4H3,(H,15,16). The maximum atomic E-state index is 11.7. The molecule has 0 aromatic carbocycles. The van der Waals surface area contributed by atoms with Crippen molar-refractivity contribution in [1.29, 1.82) is 0 Å². The van der Waals surface area contributed by atoms with Crippen molar-refractivity contribution in [2.24, 2.45) is 5.41 Å². The highest BCUT2D eigenvalue weighted by Crippen LogP contribution is 2.12. The maximum Gasteiger partial charge on any atom is 0.225 e. The third-order valence-electron chi connectivity index (χ3n) is 2.79. The average molecular weight is 306 g/mol. The minimum Gasteiger partial charge on any atom is -0.424 e. The van der Waals surface area contributed by atoms with E-state index < -0.39 is 11.6 Å². The second-order valence-corrected chi connectivity index (χ2v) is 7.27. The normalized spacial score (nSPS) is 13.8. The summed E-state index contributed by atoms with van der Waals surface area (Å²) in [7, 11) is -0.383. The van der Waals surface area contributed by atoms with Gasteiger partial charge in [0, 0.05) is 25.0 Å². The number of carbonyl (C=O) groups excluding carboxylic acids is 1. The summed E-state index contributed by atoms with van der Waals surface area (Å²) in [5, 5.41) is 14.7. The number of hydrogen-bond acceptors (Lipinski definition) is 5. The molecule has 1 atom stereocenters. The van der Waals surface area contributed by atoms with Crippen molar-refractivity contribution in [2.75, 3.05) is 19.7 Å². The zero-order chi connectivity index (χ0) is 15.4. The van der Waals surface area contributed by atoms with Crippen LogP contribution >= 0.6 is 0 Å². The van der Waals surface area contributed by atoms with Crippen LogP contribution < -0.4 is 10.6 Å². The van der Waals surface area contributed by atoms with E-state index in [2.05, 4.69) is 15.5 Å². The Morgan fingerprint density at radius 2 is 2.05 bits per heavy atom. The van der Waals surface area contributed by atoms with Gasteiger partial charge in [0.05, 0.1) is 0 Å². The van der Waals surface area contributed by atoms with E-state index in [4.69, 9.17) is 9.68 Å². The smallest absolute Gasteiger partial charge is 0.225 e. The van der Waals surface area contributed by atoms with Crippen LogP contribution in [0, 0.1) is 5.41 Å². The van der Waals surface area contributed by atoms with Crippen LogP contribution in [-0.2, 0) is 14.1 Å². The molecular formula is C13H30N2O4Si. The van der Waals surface area contributed by atoms with Crippen LogP contribution in [0.5, 0.6) is 0 Å². The predicted molar refractivity (Wildman–Crippen MR) is 82.2 cm³/mol. The molecule has 0 aromatic heterocycles. The summed E-state index contributed by atoms with van der Waals surface area (Å²) in [6.45, 7) is 9.65. The van der Waals surface area contributed by atoms with Gasteiger partial charge in [0.2, 0.25) is 5.91 Å². The van der Waals surface area contributed by atoms with E-state index in [0.717, 1.165) is 25.6 Å². The summed E-state index contributed by atoms with van der Waals surface area (Å²) >= 11 is 0. The van der Waals surface area contributed by atoms with Gasteiger partial charge in [-0.15, -0.1) is 0 Å². The van der Waals surface area contributed by atoms with Crippen molar-refractivity contribution in [3.63, 3.8) is 0 Å². The first kappa shape index (κ1) is 19.5. The molecule has 0 bridgehead atoms. The van der Waals surface area contributed by atoms with Crippen molar-refractivity contribution >= 4 is 15.7 Å². The Morgan fingerprint density at radius 3 is 2.60 bits per heavy atom. The fourth-order valence-corrected chi connectivity index (χ4v) is 2.46. The van der Waals surface area contributed by atoms with Gasteiger partial charge in [0.15, 0.2) is 9.76 Å². The number of nitrogens with one attached hydrogen (secondary N) is 2. The van der Waals surface area contributed by atoms with E-state index in [1.54, 1.807) is 0 Å². The van der Waals surface area contributed by atoms with E-state index in [1.165, 1.54) is 0 Å². The van der Waals surface area contributed by atoms with Crippen molar-refractivity contribution in [3.05, 3.63) is 0 Å². The molecule has 0 aliphatic rings. The Morgan fingerprint density at radius 1 is 1.35 bits per heavy atom. The van der Waals surface area contributed by atoms with Crippen molar-refractivity contribution < 1.29 is 19.4 Å². The largest absolute Gasteiger partial charge is 0.424 e. The van der Waals surface area contributed by atoms with E-state index in [9.17, 15) is 4.79 Å². The molecule has 0 heterocycles. The maximum absolute atomic E-state index is 11.7. The number of hydrogen-bond donors (Lipinski definition) is 3. The fourth-order valence-electron chi connectivity index (χ4n) is 1.51. The SMILES string of the molecule is CCO[SiH2]CCCNC(CCNC(=O)C(C)(C)C)OO. The molecule has 1 unspecified atom stereocenters. The van der Waals surface area contributed by atoms with E-state index in [0.29, 0.717) is 13.0 Å². The zero-order valence-corrected chi connectivity index (χ0v) is 14.6. The average Bonchev–Trinajstić information content (AvgIpc) is 2.39. The van der Waals surface area contributed by atoms with Gasteiger partial charge in [-0.3, -0.25) is 15.4 Å². The molecule has 7 heteroatoms. The molecule has 0 saturated carbocycles. The third kappa shape index (κ3) is 10.3. The summed E-state index contributed by atoms with van der Waals surface area (Å²) in [5.41, 5.74) is -0.396. The summed E-state index contributed by atoms with van der Waals surface area (Å²) in [4.78, 5) is 16.0. The monoisotopic (exact) mass is 306 g/mol. The topological polar surface area (TPSA) is 79.8 Å². The second kappa shape index (κ2) is 11.2. The molecule has 0 aliphatic carbocycles. The van der Waals surface area contributed by atoms with Gasteiger partial charge in [-0.2, -0.15) is 0 Å². The first-order chi connectivity index (χ1) is 9.41. The van der Waals surface area contributed by atoms with E-state index in [1.807, 2.05) is 27.7 Å². The zero-order valence-electron chi connectivity index (χ0n) is 13.2. The van der Waals surface area contributed by atoms with Gasteiger partial charge < -0.3 is 9.74 Å². The molecule has 1 amide bonds. The molecule has 6 nitrogen and oxygen atoms in total. The molecule has 0 saturated heterocycles. The van der Waals surface area contributed by atoms with Gasteiger partial charge >= 0.3 is 0 Å². The van der Waals surface area contributed by atoms with Gasteiger partial charge in [-0.05, 0) is 25.9 Å². The fraction of sp³-hybridized carbons (Fsp3) is 0.923. The Kier molecular flexibility index (Phi) is 10.9. The molecule has 120 valence electrons. The van der Waals surface area contributed by atoms with Crippen LogP contribution in [-0.4, -0.2) is 46.9 Å². The van der Waals surface area contributed by atoms with E-state index >= 15 is 0 Å². The minimum absolute atomic E-state index is 0.00287. The first-order valence-corrected chi connectivity index (χ1v) is 8.89. The molecular weight excluding hydrogens is 276 g/mol. The lowest BCUT2D eigenvalue weighted by Gasteiger charge is -2.19. The van der Waals surface area contributed by atoms with Gasteiger partial charge in [-0.1, -0.05) is 20.8 Å². The molecule has 0 fully saturated rings. The van der Waals surface area contributed by atoms with Gasteiger partial charge in [-0.25, -0.2) is 4.89 Å². The Labute approximate surface area is 124 Å². The Balaban J connectivity index is 3.64. The van der Waals surface area contributed by atoms with Crippen molar-refractivity contribution in [1.82, 2.24) is 10.6 Å². The number of amides is 1. The third-order valence-corrected chi connectivity index (χ3v) is 4.28. The van der Waals surface area contributed by atoms with Crippen molar-refractivity contribution in [3.8, 4) is 0 Å². The number of carbonyl (C=O) groups is 1. The lowest BCUT2D eigenvalue weighted by atomic mass is 9.96. The lowest BCUT2D eigenvalue weighted by molar-refractivity contribution is -0.286. The van der Waals surface area contributed by atoms with Crippen LogP contribution in [0.15, 0.2) is 0 Å². The van der Waals surface area contributed by atoms with Crippen LogP contribution in [0.4, 0.5) is 0 Å². The Hall–Kier alpha value is -0.473. The molecule has 3 N–H and O–H groups in total. The summed E-state index contributed by atoms with van der Waals surface area (Å²) < 4.78 is 5.37. The summed E-state index contributed by atoms with van der Waals surface area (Å²) in [5.74, 6) is -0.00287. The molecule has 0 radical (unpaired) electrons. The Bertz CT molecular complexity index is 259. The molecule has 0 aliphatic heterocycles. The predicted octanol–water partition coefficient (Wildman–Crippen LogP) is 0.873. The first-order valence-electron chi connectivity index (χ1n) is 7.31. The van der Waals surface area contributed by atoms with Gasteiger partial charge in [0.1, 0.15) is 6.23 Å². The summed E-state index contributed by atoms with van der Waals surface area (Å²) in [6.07, 6.45) is 1.10. The van der Waals surface area contributed by atoms with E-state index in [-0.39, 0.29) is 15.7 Å². The molecule has 20 heavy (non-hydrogen) atoms. The molecule has 0 spiro atoms. The highest BCUT2D eigenvalue weighted by atomic mass is 28.2. The van der Waals surface area contributed by atoms with Gasteiger partial charge in [0.25, 0.3) is 0 Å². The lowest BCUT2D eigenvalue weighted by Crippen LogP contribution is -2.39. The minimum atomic E-state index is -0.441. The van der Waals surface area contributed by atoms with Crippen LogP contribution in [0.3, 0.4) is 0 Å². The quantitative estimate of drug-likeness (QED) is 0.174. The molecule has 0 rings (SSSR count). The van der Waals surface area contributed by atoms with Crippen molar-refractivity contribution in [2.45, 2.75) is 52.8 Å². The second-order valence-electron chi connectivity index (χ2n) is 5.75. The summed E-state index contributed by atoms with van der Waals surface area (Å²) in [6, 6.07) is 1.11. The highest BCUT2D eigenvalue weighted by Gasteiger charge is 2.20. The van der Waals surface area contributed by atoms with Crippen LogP contribution in [0.2, 0.25) is 6.04 Å². The molecule has 0 aromatic rings. The van der Waals surface area contributed by atoms with Crippen LogP contribution in [0.1, 0.15) is 40.5 Å².